The van der Waals surface area contributed by atoms with Gasteiger partial charge in [-0.2, -0.15) is 0 Å². The molecule has 0 N–H and O–H groups in total. The van der Waals surface area contributed by atoms with Crippen LogP contribution in [0.4, 0.5) is 0 Å². The Balaban J connectivity index is 2.13. The maximum Gasteiger partial charge on any atom is 0.338 e. The van der Waals surface area contributed by atoms with Crippen LogP contribution in [-0.4, -0.2) is 33.8 Å². The van der Waals surface area contributed by atoms with Gasteiger partial charge < -0.3 is 4.74 Å². The number of carbonyl (C=O) groups is 2. The number of benzene rings is 1. The molecule has 1 amide bonds. The second-order valence-electron chi connectivity index (χ2n) is 5.86. The quantitative estimate of drug-likeness (QED) is 0.769. The number of allylic oxidation sites excluding steroid dienone is 1. The van der Waals surface area contributed by atoms with Gasteiger partial charge in [-0.25, -0.2) is 9.79 Å². The van der Waals surface area contributed by atoms with Gasteiger partial charge in [0.1, 0.15) is 0 Å². The third kappa shape index (κ3) is 3.08. The van der Waals surface area contributed by atoms with Crippen LogP contribution in [0.5, 0.6) is 0 Å². The zero-order valence-electron chi connectivity index (χ0n) is 13.6. The summed E-state index contributed by atoms with van der Waals surface area (Å²) in [5, 5.41) is 1.16. The fraction of sp³-hybridized carbons (Fsp3) is 0.353. The molecule has 1 aromatic rings. The number of carbonyl (C=O) groups excluding carboxylic acids is 2. The minimum atomic E-state index is -0.565. The molecule has 0 bridgehead atoms. The molecule has 2 aliphatic rings. The largest absolute Gasteiger partial charge is 0.459 e. The van der Waals surface area contributed by atoms with Crippen molar-refractivity contribution in [2.24, 2.45) is 4.99 Å². The third-order valence-electron chi connectivity index (χ3n) is 3.71. The molecular weight excluding hydrogens is 348 g/mol. The molecule has 5 nitrogen and oxygen atoms in total. The van der Waals surface area contributed by atoms with E-state index >= 15 is 0 Å². The van der Waals surface area contributed by atoms with Crippen molar-refractivity contribution in [2.45, 2.75) is 32.9 Å². The lowest BCUT2D eigenvalue weighted by molar-refractivity contribution is -0.143. The first-order chi connectivity index (χ1) is 11.4. The number of hydrogen-bond donors (Lipinski definition) is 0. The van der Waals surface area contributed by atoms with E-state index in [0.717, 1.165) is 5.56 Å². The number of amides is 1. The molecular formula is C17H17ClN2O3S. The first-order valence-corrected chi connectivity index (χ1v) is 8.95. The molecule has 3 rings (SSSR count). The van der Waals surface area contributed by atoms with Gasteiger partial charge in [-0.15, -0.1) is 0 Å². The lowest BCUT2D eigenvalue weighted by atomic mass is 9.94. The van der Waals surface area contributed by atoms with Crippen LogP contribution in [0.1, 0.15) is 32.4 Å². The van der Waals surface area contributed by atoms with Crippen LogP contribution in [0.25, 0.3) is 0 Å². The monoisotopic (exact) mass is 364 g/mol. The van der Waals surface area contributed by atoms with Gasteiger partial charge in [0.15, 0.2) is 5.17 Å². The summed E-state index contributed by atoms with van der Waals surface area (Å²) in [6.45, 7) is 5.34. The zero-order valence-corrected chi connectivity index (χ0v) is 15.1. The van der Waals surface area contributed by atoms with Crippen LogP contribution < -0.4 is 0 Å². The molecule has 0 spiro atoms. The Bertz CT molecular complexity index is 773. The van der Waals surface area contributed by atoms with E-state index < -0.39 is 12.0 Å². The molecule has 1 aromatic carbocycles. The summed E-state index contributed by atoms with van der Waals surface area (Å²) in [4.78, 5) is 31.0. The van der Waals surface area contributed by atoms with Gasteiger partial charge in [0.2, 0.25) is 5.91 Å². The van der Waals surface area contributed by atoms with Crippen molar-refractivity contribution in [3.05, 3.63) is 46.1 Å². The Morgan fingerprint density at radius 3 is 2.88 bits per heavy atom. The molecule has 2 aliphatic heterocycles. The highest BCUT2D eigenvalue weighted by Gasteiger charge is 2.43. The summed E-state index contributed by atoms with van der Waals surface area (Å²) < 4.78 is 5.38. The zero-order chi connectivity index (χ0) is 17.4. The molecule has 2 heterocycles. The number of fused-ring (bicyclic) bond motifs is 1. The summed E-state index contributed by atoms with van der Waals surface area (Å²) in [5.41, 5.74) is 1.71. The topological polar surface area (TPSA) is 59.0 Å². The molecule has 0 radical (unpaired) electrons. The number of thioether (sulfide) groups is 1. The Hall–Kier alpha value is -1.79. The molecule has 1 saturated heterocycles. The van der Waals surface area contributed by atoms with E-state index in [2.05, 4.69) is 4.99 Å². The highest BCUT2D eigenvalue weighted by molar-refractivity contribution is 8.15. The van der Waals surface area contributed by atoms with Crippen LogP contribution >= 0.6 is 23.4 Å². The number of hydrogen-bond acceptors (Lipinski definition) is 5. The summed E-state index contributed by atoms with van der Waals surface area (Å²) in [5.74, 6) is -0.221. The van der Waals surface area contributed by atoms with Gasteiger partial charge in [-0.05, 0) is 38.5 Å². The average Bonchev–Trinajstić information content (AvgIpc) is 2.86. The predicted octanol–water partition coefficient (Wildman–Crippen LogP) is 3.55. The van der Waals surface area contributed by atoms with Crippen molar-refractivity contribution < 1.29 is 14.3 Å². The summed E-state index contributed by atoms with van der Waals surface area (Å²) in [7, 11) is 0. The van der Waals surface area contributed by atoms with Gasteiger partial charge in [-0.3, -0.25) is 9.69 Å². The second-order valence-corrected chi connectivity index (χ2v) is 7.24. The molecule has 0 saturated carbocycles. The van der Waals surface area contributed by atoms with E-state index in [1.54, 1.807) is 43.9 Å². The van der Waals surface area contributed by atoms with Crippen LogP contribution in [0, 0.1) is 0 Å². The van der Waals surface area contributed by atoms with Gasteiger partial charge in [0.05, 0.1) is 29.2 Å². The van der Waals surface area contributed by atoms with E-state index in [0.29, 0.717) is 27.2 Å². The van der Waals surface area contributed by atoms with Gasteiger partial charge in [0, 0.05) is 5.02 Å². The first kappa shape index (κ1) is 17.0. The first-order valence-electron chi connectivity index (χ1n) is 7.59. The lowest BCUT2D eigenvalue weighted by Gasteiger charge is -2.33. The predicted molar refractivity (Wildman–Crippen MR) is 94.9 cm³/mol. The fourth-order valence-electron chi connectivity index (χ4n) is 2.77. The van der Waals surface area contributed by atoms with Crippen LogP contribution in [0.2, 0.25) is 5.02 Å². The van der Waals surface area contributed by atoms with E-state index in [1.165, 1.54) is 11.8 Å². The smallest absolute Gasteiger partial charge is 0.338 e. The van der Waals surface area contributed by atoms with Crippen LogP contribution in [0.15, 0.2) is 40.5 Å². The molecule has 1 unspecified atom stereocenters. The van der Waals surface area contributed by atoms with Gasteiger partial charge in [0.25, 0.3) is 0 Å². The van der Waals surface area contributed by atoms with Crippen molar-refractivity contribution >= 4 is 40.4 Å². The SMILES string of the molecule is CC1=C(C(=O)OC(C)C)C(c2cccc(Cl)c2)N2C(=O)CSC2=N1. The second kappa shape index (κ2) is 6.61. The molecule has 126 valence electrons. The number of nitrogens with zero attached hydrogens (tertiary/aromatic N) is 2. The number of halogens is 1. The number of ether oxygens (including phenoxy) is 1. The molecule has 1 atom stereocenters. The molecule has 24 heavy (non-hydrogen) atoms. The molecule has 0 aromatic heterocycles. The molecule has 7 heteroatoms. The van der Waals surface area contributed by atoms with Crippen molar-refractivity contribution in [1.82, 2.24) is 4.90 Å². The maximum atomic E-state index is 12.7. The number of aliphatic imine (C=N–C) groups is 1. The Morgan fingerprint density at radius 2 is 2.21 bits per heavy atom. The Labute approximate surface area is 149 Å². The standard InChI is InChI=1S/C17H17ClN2O3S/c1-9(2)23-16(22)14-10(3)19-17-20(13(21)8-24-17)15(14)11-5-4-6-12(18)7-11/h4-7,9,15H,8H2,1-3H3. The number of amidine groups is 1. The van der Waals surface area contributed by atoms with Crippen molar-refractivity contribution in [2.75, 3.05) is 5.75 Å². The number of rotatable bonds is 3. The van der Waals surface area contributed by atoms with Crippen molar-refractivity contribution in [1.29, 1.82) is 0 Å². The van der Waals surface area contributed by atoms with Gasteiger partial charge >= 0.3 is 5.97 Å². The van der Waals surface area contributed by atoms with Crippen LogP contribution in [-0.2, 0) is 14.3 Å². The number of esters is 1. The van der Waals surface area contributed by atoms with Crippen molar-refractivity contribution in [3.63, 3.8) is 0 Å². The summed E-state index contributed by atoms with van der Waals surface area (Å²) >= 11 is 7.50. The van der Waals surface area contributed by atoms with E-state index in [1.807, 2.05) is 6.07 Å². The lowest BCUT2D eigenvalue weighted by Crippen LogP contribution is -2.40. The normalized spacial score (nSPS) is 20.4. The van der Waals surface area contributed by atoms with Crippen LogP contribution in [0.3, 0.4) is 0 Å². The molecule has 0 aliphatic carbocycles. The van der Waals surface area contributed by atoms with Crippen molar-refractivity contribution in [3.8, 4) is 0 Å². The van der Waals surface area contributed by atoms with E-state index in [4.69, 9.17) is 16.3 Å². The Morgan fingerprint density at radius 1 is 1.46 bits per heavy atom. The fourth-order valence-corrected chi connectivity index (χ4v) is 3.91. The minimum Gasteiger partial charge on any atom is -0.459 e. The van der Waals surface area contributed by atoms with E-state index in [-0.39, 0.29) is 12.0 Å². The average molecular weight is 365 g/mol. The highest BCUT2D eigenvalue weighted by Crippen LogP contribution is 2.41. The Kier molecular flexibility index (Phi) is 4.69. The molecule has 1 fully saturated rings. The maximum absolute atomic E-state index is 12.7. The minimum absolute atomic E-state index is 0.0777. The third-order valence-corrected chi connectivity index (χ3v) is 4.88. The highest BCUT2D eigenvalue weighted by atomic mass is 35.5. The van der Waals surface area contributed by atoms with E-state index in [9.17, 15) is 9.59 Å². The summed E-state index contributed by atoms with van der Waals surface area (Å²) in [6, 6.07) is 6.61. The van der Waals surface area contributed by atoms with Gasteiger partial charge in [-0.1, -0.05) is 35.5 Å². The summed E-state index contributed by atoms with van der Waals surface area (Å²) in [6.07, 6.45) is -0.258.